The van der Waals surface area contributed by atoms with Crippen LogP contribution in [0.2, 0.25) is 0 Å². The summed E-state index contributed by atoms with van der Waals surface area (Å²) < 4.78 is 10.6. The van der Waals surface area contributed by atoms with E-state index in [1.165, 1.54) is 0 Å². The fourth-order valence-electron chi connectivity index (χ4n) is 1.29. The number of aromatic nitrogens is 2. The van der Waals surface area contributed by atoms with Gasteiger partial charge in [-0.05, 0) is 12.1 Å². The number of ether oxygens (including phenoxy) is 1. The van der Waals surface area contributed by atoms with Crippen LogP contribution in [0.5, 0.6) is 5.75 Å². The molecule has 1 unspecified atom stereocenters. The van der Waals surface area contributed by atoms with Gasteiger partial charge in [-0.25, -0.2) is 0 Å². The predicted octanol–water partition coefficient (Wildman–Crippen LogP) is 1.71. The first-order valence-corrected chi connectivity index (χ1v) is 5.50. The van der Waals surface area contributed by atoms with Crippen molar-refractivity contribution in [3.8, 4) is 5.75 Å². The molecule has 0 amide bonds. The third-order valence-corrected chi connectivity index (χ3v) is 2.37. The highest BCUT2D eigenvalue weighted by molar-refractivity contribution is 5.20. The van der Waals surface area contributed by atoms with Crippen molar-refractivity contribution in [3.63, 3.8) is 0 Å². The van der Waals surface area contributed by atoms with Crippen LogP contribution in [0.25, 0.3) is 0 Å². The monoisotopic (exact) mass is 233 g/mol. The molecule has 0 fully saturated rings. The number of rotatable bonds is 5. The SMILES string of the molecule is CC(CN)c1nc(COc2ccccc2)no1. The highest BCUT2D eigenvalue weighted by Crippen LogP contribution is 2.13. The van der Waals surface area contributed by atoms with Gasteiger partial charge < -0.3 is 15.0 Å². The molecule has 0 spiro atoms. The number of para-hydroxylation sites is 1. The van der Waals surface area contributed by atoms with Gasteiger partial charge in [-0.3, -0.25) is 0 Å². The summed E-state index contributed by atoms with van der Waals surface area (Å²) in [6.45, 7) is 2.72. The Morgan fingerprint density at radius 1 is 1.35 bits per heavy atom. The van der Waals surface area contributed by atoms with Gasteiger partial charge in [0.25, 0.3) is 0 Å². The van der Waals surface area contributed by atoms with Crippen LogP contribution >= 0.6 is 0 Å². The molecule has 5 heteroatoms. The fourth-order valence-corrected chi connectivity index (χ4v) is 1.29. The Morgan fingerprint density at radius 3 is 2.82 bits per heavy atom. The summed E-state index contributed by atoms with van der Waals surface area (Å²) in [5, 5.41) is 3.83. The minimum atomic E-state index is 0.0768. The van der Waals surface area contributed by atoms with Crippen molar-refractivity contribution in [2.45, 2.75) is 19.4 Å². The average molecular weight is 233 g/mol. The van der Waals surface area contributed by atoms with E-state index in [-0.39, 0.29) is 5.92 Å². The normalized spacial score (nSPS) is 12.4. The van der Waals surface area contributed by atoms with Gasteiger partial charge in [-0.1, -0.05) is 30.3 Å². The maximum Gasteiger partial charge on any atom is 0.230 e. The Morgan fingerprint density at radius 2 is 2.12 bits per heavy atom. The van der Waals surface area contributed by atoms with Crippen LogP contribution in [0.15, 0.2) is 34.9 Å². The van der Waals surface area contributed by atoms with Gasteiger partial charge in [0, 0.05) is 12.5 Å². The Kier molecular flexibility index (Phi) is 3.72. The van der Waals surface area contributed by atoms with Crippen molar-refractivity contribution in [1.82, 2.24) is 10.1 Å². The second kappa shape index (κ2) is 5.45. The van der Waals surface area contributed by atoms with Gasteiger partial charge in [0.2, 0.25) is 11.7 Å². The zero-order valence-electron chi connectivity index (χ0n) is 9.67. The molecule has 1 atom stereocenters. The van der Waals surface area contributed by atoms with Crippen molar-refractivity contribution in [2.24, 2.45) is 5.73 Å². The average Bonchev–Trinajstić information content (AvgIpc) is 2.85. The second-order valence-electron chi connectivity index (χ2n) is 3.79. The van der Waals surface area contributed by atoms with E-state index in [4.69, 9.17) is 15.0 Å². The molecule has 17 heavy (non-hydrogen) atoms. The minimum absolute atomic E-state index is 0.0768. The van der Waals surface area contributed by atoms with Gasteiger partial charge >= 0.3 is 0 Å². The van der Waals surface area contributed by atoms with Gasteiger partial charge in [0.1, 0.15) is 5.75 Å². The predicted molar refractivity (Wildman–Crippen MR) is 62.5 cm³/mol. The fraction of sp³-hybridized carbons (Fsp3) is 0.333. The summed E-state index contributed by atoms with van der Waals surface area (Å²) >= 11 is 0. The van der Waals surface area contributed by atoms with E-state index in [2.05, 4.69) is 10.1 Å². The lowest BCUT2D eigenvalue weighted by Crippen LogP contribution is -2.09. The molecule has 0 saturated heterocycles. The van der Waals surface area contributed by atoms with E-state index < -0.39 is 0 Å². The topological polar surface area (TPSA) is 74.2 Å². The molecular formula is C12H15N3O2. The smallest absolute Gasteiger partial charge is 0.230 e. The number of hydrogen-bond acceptors (Lipinski definition) is 5. The van der Waals surface area contributed by atoms with Crippen molar-refractivity contribution < 1.29 is 9.26 Å². The highest BCUT2D eigenvalue weighted by Gasteiger charge is 2.12. The second-order valence-corrected chi connectivity index (χ2v) is 3.79. The van der Waals surface area contributed by atoms with E-state index in [1.54, 1.807) is 0 Å². The van der Waals surface area contributed by atoms with Crippen molar-refractivity contribution in [3.05, 3.63) is 42.0 Å². The van der Waals surface area contributed by atoms with Crippen LogP contribution < -0.4 is 10.5 Å². The molecule has 2 rings (SSSR count). The summed E-state index contributed by atoms with van der Waals surface area (Å²) in [6.07, 6.45) is 0. The third-order valence-electron chi connectivity index (χ3n) is 2.37. The Hall–Kier alpha value is -1.88. The molecule has 0 bridgehead atoms. The summed E-state index contributed by atoms with van der Waals surface area (Å²) in [4.78, 5) is 4.21. The summed E-state index contributed by atoms with van der Waals surface area (Å²) in [6, 6.07) is 9.51. The van der Waals surface area contributed by atoms with E-state index in [0.717, 1.165) is 5.75 Å². The Balaban J connectivity index is 1.94. The molecule has 0 aliphatic carbocycles. The van der Waals surface area contributed by atoms with Crippen molar-refractivity contribution >= 4 is 0 Å². The standard InChI is InChI=1S/C12H15N3O2/c1-9(7-13)12-14-11(15-17-12)8-16-10-5-3-2-4-6-10/h2-6,9H,7-8,13H2,1H3. The minimum Gasteiger partial charge on any atom is -0.485 e. The van der Waals surface area contributed by atoms with E-state index in [1.807, 2.05) is 37.3 Å². The van der Waals surface area contributed by atoms with E-state index in [0.29, 0.717) is 24.9 Å². The molecular weight excluding hydrogens is 218 g/mol. The first-order chi connectivity index (χ1) is 8.29. The van der Waals surface area contributed by atoms with Crippen LogP contribution in [0.3, 0.4) is 0 Å². The largest absolute Gasteiger partial charge is 0.485 e. The first kappa shape index (κ1) is 11.6. The van der Waals surface area contributed by atoms with Gasteiger partial charge in [0.05, 0.1) is 0 Å². The number of nitrogens with zero attached hydrogens (tertiary/aromatic N) is 2. The lowest BCUT2D eigenvalue weighted by Gasteiger charge is -2.01. The third kappa shape index (κ3) is 3.04. The lowest BCUT2D eigenvalue weighted by atomic mass is 10.2. The molecule has 5 nitrogen and oxygen atoms in total. The quantitative estimate of drug-likeness (QED) is 0.851. The number of benzene rings is 1. The maximum atomic E-state index is 5.52. The van der Waals surface area contributed by atoms with E-state index in [9.17, 15) is 0 Å². The molecule has 0 saturated carbocycles. The highest BCUT2D eigenvalue weighted by atomic mass is 16.5. The lowest BCUT2D eigenvalue weighted by molar-refractivity contribution is 0.284. The van der Waals surface area contributed by atoms with Gasteiger partial charge in [-0.15, -0.1) is 0 Å². The number of nitrogens with two attached hydrogens (primary N) is 1. The van der Waals surface area contributed by atoms with Crippen LogP contribution in [-0.2, 0) is 6.61 Å². The number of hydrogen-bond donors (Lipinski definition) is 1. The Labute approximate surface area is 99.6 Å². The molecule has 1 aromatic heterocycles. The van der Waals surface area contributed by atoms with Crippen LogP contribution in [0.1, 0.15) is 24.6 Å². The zero-order valence-corrected chi connectivity index (χ0v) is 9.67. The summed E-state index contributed by atoms with van der Waals surface area (Å²) in [5.41, 5.74) is 5.52. The molecule has 2 aromatic rings. The molecule has 0 aliphatic rings. The molecule has 0 radical (unpaired) electrons. The molecule has 2 N–H and O–H groups in total. The zero-order chi connectivity index (χ0) is 12.1. The van der Waals surface area contributed by atoms with Crippen LogP contribution in [-0.4, -0.2) is 16.7 Å². The van der Waals surface area contributed by atoms with Crippen molar-refractivity contribution in [2.75, 3.05) is 6.54 Å². The summed E-state index contributed by atoms with van der Waals surface area (Å²) in [7, 11) is 0. The van der Waals surface area contributed by atoms with Gasteiger partial charge in [0.15, 0.2) is 6.61 Å². The van der Waals surface area contributed by atoms with Crippen molar-refractivity contribution in [1.29, 1.82) is 0 Å². The molecule has 90 valence electrons. The summed E-state index contributed by atoms with van der Waals surface area (Å²) in [5.74, 6) is 1.95. The first-order valence-electron chi connectivity index (χ1n) is 5.50. The molecule has 1 heterocycles. The molecule has 1 aromatic carbocycles. The maximum absolute atomic E-state index is 5.52. The van der Waals surface area contributed by atoms with E-state index >= 15 is 0 Å². The van der Waals surface area contributed by atoms with Crippen LogP contribution in [0, 0.1) is 0 Å². The van der Waals surface area contributed by atoms with Gasteiger partial charge in [-0.2, -0.15) is 4.98 Å². The Bertz CT molecular complexity index is 456. The molecule has 0 aliphatic heterocycles. The van der Waals surface area contributed by atoms with Crippen LogP contribution in [0.4, 0.5) is 0 Å².